The van der Waals surface area contributed by atoms with E-state index in [4.69, 9.17) is 13.9 Å². The molecule has 0 aliphatic heterocycles. The van der Waals surface area contributed by atoms with Crippen LogP contribution in [0.25, 0.3) is 11.5 Å². The Morgan fingerprint density at radius 3 is 2.52 bits per heavy atom. The number of nitrogens with zero attached hydrogens (tertiary/aromatic N) is 6. The molecular weight excluding hydrogens is 344 g/mol. The van der Waals surface area contributed by atoms with Crippen LogP contribution >= 0.6 is 11.8 Å². The summed E-state index contributed by atoms with van der Waals surface area (Å²) in [5, 5.41) is 20.3. The predicted octanol–water partition coefficient (Wildman–Crippen LogP) is 2.44. The Morgan fingerprint density at radius 1 is 1.08 bits per heavy atom. The summed E-state index contributed by atoms with van der Waals surface area (Å²) < 4.78 is 18.0. The summed E-state index contributed by atoms with van der Waals surface area (Å²) >= 11 is 1.39. The zero-order valence-corrected chi connectivity index (χ0v) is 15.0. The van der Waals surface area contributed by atoms with E-state index < -0.39 is 0 Å². The minimum Gasteiger partial charge on any atom is -0.497 e. The third kappa shape index (κ3) is 4.08. The van der Waals surface area contributed by atoms with Gasteiger partial charge in [0.05, 0.1) is 20.0 Å². The molecule has 2 aromatic heterocycles. The molecule has 0 fully saturated rings. The van der Waals surface area contributed by atoms with Gasteiger partial charge in [-0.1, -0.05) is 18.7 Å². The maximum atomic E-state index is 5.72. The normalized spacial score (nSPS) is 10.8. The largest absolute Gasteiger partial charge is 0.497 e. The van der Waals surface area contributed by atoms with Crippen LogP contribution in [0, 0.1) is 0 Å². The molecule has 132 valence electrons. The molecule has 0 aliphatic carbocycles. The third-order valence-electron chi connectivity index (χ3n) is 3.37. The van der Waals surface area contributed by atoms with Gasteiger partial charge in [-0.15, -0.1) is 15.3 Å². The lowest BCUT2D eigenvalue weighted by Crippen LogP contribution is -2.04. The summed E-state index contributed by atoms with van der Waals surface area (Å²) in [6.45, 7) is 2.85. The number of thioether (sulfide) groups is 1. The van der Waals surface area contributed by atoms with E-state index in [1.54, 1.807) is 25.0 Å². The van der Waals surface area contributed by atoms with E-state index in [1.807, 2.05) is 12.1 Å². The number of benzene rings is 1. The molecule has 9 nitrogen and oxygen atoms in total. The Bertz CT molecular complexity index is 812. The molecule has 0 unspecified atom stereocenters. The number of aryl methyl sites for hydroxylation is 1. The first-order valence-electron chi connectivity index (χ1n) is 7.68. The van der Waals surface area contributed by atoms with Crippen LogP contribution in [0.15, 0.2) is 27.8 Å². The molecule has 25 heavy (non-hydrogen) atoms. The molecule has 0 N–H and O–H groups in total. The molecule has 0 radical (unpaired) electrons. The molecule has 0 atom stereocenters. The van der Waals surface area contributed by atoms with Gasteiger partial charge in [-0.3, -0.25) is 0 Å². The summed E-state index contributed by atoms with van der Waals surface area (Å²) in [4.78, 5) is 0. The summed E-state index contributed by atoms with van der Waals surface area (Å²) in [6, 6.07) is 5.40. The van der Waals surface area contributed by atoms with Crippen molar-refractivity contribution >= 4 is 11.8 Å². The minimum absolute atomic E-state index is 0.396. The van der Waals surface area contributed by atoms with E-state index in [2.05, 4.69) is 32.6 Å². The molecular formula is C15H18N6O3S. The molecule has 0 amide bonds. The minimum atomic E-state index is 0.396. The van der Waals surface area contributed by atoms with Gasteiger partial charge in [-0.2, -0.15) is 0 Å². The lowest BCUT2D eigenvalue weighted by molar-refractivity contribution is 0.394. The van der Waals surface area contributed by atoms with Gasteiger partial charge >= 0.3 is 0 Å². The lowest BCUT2D eigenvalue weighted by atomic mass is 10.2. The Labute approximate surface area is 148 Å². The second kappa shape index (κ2) is 7.97. The van der Waals surface area contributed by atoms with Crippen LogP contribution < -0.4 is 9.47 Å². The monoisotopic (exact) mass is 362 g/mol. The highest BCUT2D eigenvalue weighted by molar-refractivity contribution is 7.98. The maximum absolute atomic E-state index is 5.72. The number of methoxy groups -OCH3 is 2. The van der Waals surface area contributed by atoms with Gasteiger partial charge in [0.15, 0.2) is 5.82 Å². The van der Waals surface area contributed by atoms with Crippen molar-refractivity contribution < 1.29 is 13.9 Å². The van der Waals surface area contributed by atoms with E-state index >= 15 is 0 Å². The molecule has 2 heterocycles. The van der Waals surface area contributed by atoms with Crippen molar-refractivity contribution in [3.05, 3.63) is 24.0 Å². The van der Waals surface area contributed by atoms with Gasteiger partial charge in [-0.05, 0) is 29.0 Å². The van der Waals surface area contributed by atoms with Crippen molar-refractivity contribution in [3.8, 4) is 23.0 Å². The highest BCUT2D eigenvalue weighted by Gasteiger charge is 2.14. The average Bonchev–Trinajstić information content (AvgIpc) is 3.29. The number of aromatic nitrogens is 6. The molecule has 0 spiro atoms. The van der Waals surface area contributed by atoms with Crippen LogP contribution in [0.2, 0.25) is 0 Å². The fourth-order valence-electron chi connectivity index (χ4n) is 2.15. The zero-order valence-electron chi connectivity index (χ0n) is 14.2. The zero-order chi connectivity index (χ0) is 17.6. The number of hydrogen-bond acceptors (Lipinski definition) is 9. The second-order valence-electron chi connectivity index (χ2n) is 5.08. The Morgan fingerprint density at radius 2 is 1.84 bits per heavy atom. The fourth-order valence-corrected chi connectivity index (χ4v) is 2.85. The quantitative estimate of drug-likeness (QED) is 0.559. The summed E-state index contributed by atoms with van der Waals surface area (Å²) in [5.41, 5.74) is 0.728. The van der Waals surface area contributed by atoms with E-state index in [0.717, 1.165) is 24.4 Å². The number of ether oxygens (including phenoxy) is 2. The van der Waals surface area contributed by atoms with Crippen LogP contribution in [0.5, 0.6) is 11.5 Å². The molecule has 3 rings (SSSR count). The molecule has 0 bridgehead atoms. The van der Waals surface area contributed by atoms with E-state index in [9.17, 15) is 0 Å². The van der Waals surface area contributed by atoms with Gasteiger partial charge in [0.2, 0.25) is 5.89 Å². The van der Waals surface area contributed by atoms with Crippen LogP contribution in [0.4, 0.5) is 0 Å². The van der Waals surface area contributed by atoms with Crippen molar-refractivity contribution in [1.82, 2.24) is 30.4 Å². The highest BCUT2D eigenvalue weighted by atomic mass is 32.2. The SMILES string of the molecule is CCCn1nnnc1CSc1nnc(-c2cc(OC)cc(OC)c2)o1. The van der Waals surface area contributed by atoms with Gasteiger partial charge in [0, 0.05) is 18.2 Å². The average molecular weight is 362 g/mol. The maximum Gasteiger partial charge on any atom is 0.277 e. The van der Waals surface area contributed by atoms with E-state index in [1.165, 1.54) is 11.8 Å². The predicted molar refractivity (Wildman–Crippen MR) is 90.5 cm³/mol. The van der Waals surface area contributed by atoms with Crippen LogP contribution in [0.3, 0.4) is 0 Å². The highest BCUT2D eigenvalue weighted by Crippen LogP contribution is 2.31. The van der Waals surface area contributed by atoms with Gasteiger partial charge in [0.1, 0.15) is 11.5 Å². The lowest BCUT2D eigenvalue weighted by Gasteiger charge is -2.05. The van der Waals surface area contributed by atoms with Crippen LogP contribution in [-0.2, 0) is 12.3 Å². The van der Waals surface area contributed by atoms with Crippen LogP contribution in [-0.4, -0.2) is 44.6 Å². The molecule has 0 saturated heterocycles. The second-order valence-corrected chi connectivity index (χ2v) is 6.01. The first kappa shape index (κ1) is 17.2. The van der Waals surface area contributed by atoms with Crippen molar-refractivity contribution in [2.24, 2.45) is 0 Å². The Kier molecular flexibility index (Phi) is 5.49. The number of hydrogen-bond donors (Lipinski definition) is 0. The van der Waals surface area contributed by atoms with Gasteiger partial charge in [-0.25, -0.2) is 4.68 Å². The molecule has 0 saturated carbocycles. The molecule has 10 heteroatoms. The standard InChI is InChI=1S/C15H18N6O3S/c1-4-5-21-13(16-19-20-21)9-25-15-18-17-14(24-15)10-6-11(22-2)8-12(7-10)23-3/h6-8H,4-5,9H2,1-3H3. The summed E-state index contributed by atoms with van der Waals surface area (Å²) in [5.74, 6) is 3.03. The van der Waals surface area contributed by atoms with E-state index in [0.29, 0.717) is 28.4 Å². The van der Waals surface area contributed by atoms with Crippen molar-refractivity contribution in [1.29, 1.82) is 0 Å². The summed E-state index contributed by atoms with van der Waals surface area (Å²) in [7, 11) is 3.18. The molecule has 1 aromatic carbocycles. The Hall–Kier alpha value is -2.62. The molecule has 3 aromatic rings. The van der Waals surface area contributed by atoms with Gasteiger partial charge < -0.3 is 13.9 Å². The smallest absolute Gasteiger partial charge is 0.277 e. The number of tetrazole rings is 1. The Balaban J connectivity index is 1.73. The fraction of sp³-hybridized carbons (Fsp3) is 0.400. The van der Waals surface area contributed by atoms with E-state index in [-0.39, 0.29) is 0 Å². The van der Waals surface area contributed by atoms with Gasteiger partial charge in [0.25, 0.3) is 5.22 Å². The number of rotatable bonds is 8. The van der Waals surface area contributed by atoms with Crippen molar-refractivity contribution in [3.63, 3.8) is 0 Å². The first-order valence-corrected chi connectivity index (χ1v) is 8.66. The van der Waals surface area contributed by atoms with Crippen molar-refractivity contribution in [2.75, 3.05) is 14.2 Å². The third-order valence-corrected chi connectivity index (χ3v) is 4.19. The topological polar surface area (TPSA) is 101 Å². The van der Waals surface area contributed by atoms with Crippen LogP contribution in [0.1, 0.15) is 19.2 Å². The first-order chi connectivity index (χ1) is 12.2. The molecule has 0 aliphatic rings. The van der Waals surface area contributed by atoms with Crippen molar-refractivity contribution in [2.45, 2.75) is 30.9 Å². The summed E-state index contributed by atoms with van der Waals surface area (Å²) in [6.07, 6.45) is 0.963.